The van der Waals surface area contributed by atoms with Crippen molar-refractivity contribution in [1.29, 1.82) is 0 Å². The minimum atomic E-state index is -0.421. The predicted molar refractivity (Wildman–Crippen MR) is 102 cm³/mol. The molecule has 0 aliphatic carbocycles. The average molecular weight is 374 g/mol. The van der Waals surface area contributed by atoms with Crippen molar-refractivity contribution in [3.05, 3.63) is 68.7 Å². The number of carbonyl (C=O) groups excluding carboxylic acids is 1. The van der Waals surface area contributed by atoms with Crippen LogP contribution < -0.4 is 4.90 Å². The van der Waals surface area contributed by atoms with E-state index >= 15 is 0 Å². The van der Waals surface area contributed by atoms with Gasteiger partial charge in [0.25, 0.3) is 11.6 Å². The summed E-state index contributed by atoms with van der Waals surface area (Å²) in [5, 5.41) is 11.7. The smallest absolute Gasteiger partial charge is 0.294 e. The molecule has 0 N–H and O–H groups in total. The molecule has 2 aromatic carbocycles. The Bertz CT molecular complexity index is 838. The number of piperazine rings is 1. The van der Waals surface area contributed by atoms with E-state index in [1.54, 1.807) is 12.1 Å². The normalized spacial score (nSPS) is 17.3. The quantitative estimate of drug-likeness (QED) is 0.604. The lowest BCUT2D eigenvalue weighted by Crippen LogP contribution is -2.54. The van der Waals surface area contributed by atoms with Crippen molar-refractivity contribution in [2.45, 2.75) is 19.9 Å². The number of carbonyl (C=O) groups is 1. The fraction of sp³-hybridized carbons (Fsp3) is 0.316. The number of nitrogens with zero attached hydrogens (tertiary/aromatic N) is 3. The summed E-state index contributed by atoms with van der Waals surface area (Å²) in [6.07, 6.45) is 0. The van der Waals surface area contributed by atoms with Crippen LogP contribution in [0.15, 0.2) is 42.5 Å². The molecule has 0 bridgehead atoms. The van der Waals surface area contributed by atoms with Gasteiger partial charge in [0, 0.05) is 42.3 Å². The molecule has 1 atom stereocenters. The Morgan fingerprint density at radius 3 is 2.50 bits per heavy atom. The van der Waals surface area contributed by atoms with Crippen molar-refractivity contribution >= 4 is 28.9 Å². The van der Waals surface area contributed by atoms with Gasteiger partial charge in [0.2, 0.25) is 0 Å². The third-order valence-electron chi connectivity index (χ3n) is 4.66. The Hall–Kier alpha value is -2.60. The van der Waals surface area contributed by atoms with Crippen molar-refractivity contribution < 1.29 is 9.72 Å². The van der Waals surface area contributed by atoms with Crippen molar-refractivity contribution in [2.75, 3.05) is 24.5 Å². The number of nitro groups is 1. The van der Waals surface area contributed by atoms with Crippen LogP contribution >= 0.6 is 11.6 Å². The van der Waals surface area contributed by atoms with Crippen molar-refractivity contribution in [3.63, 3.8) is 0 Å². The molecule has 136 valence electrons. The first-order chi connectivity index (χ1) is 12.4. The SMILES string of the molecule is Cc1ccc(C(=O)N2CCN(c3ccc(Cl)cc3[N+](=O)[O-])CC2C)cc1. The fourth-order valence-corrected chi connectivity index (χ4v) is 3.42. The summed E-state index contributed by atoms with van der Waals surface area (Å²) in [5.74, 6) is -0.0113. The minimum Gasteiger partial charge on any atom is -0.362 e. The molecule has 1 unspecified atom stereocenters. The van der Waals surface area contributed by atoms with Crippen molar-refractivity contribution in [1.82, 2.24) is 4.90 Å². The van der Waals surface area contributed by atoms with Gasteiger partial charge in [0.1, 0.15) is 5.69 Å². The van der Waals surface area contributed by atoms with Crippen LogP contribution in [0.25, 0.3) is 0 Å². The molecule has 1 aliphatic rings. The van der Waals surface area contributed by atoms with Gasteiger partial charge in [0.15, 0.2) is 0 Å². The largest absolute Gasteiger partial charge is 0.362 e. The second-order valence-electron chi connectivity index (χ2n) is 6.55. The van der Waals surface area contributed by atoms with Crippen LogP contribution in [0.2, 0.25) is 5.02 Å². The average Bonchev–Trinajstić information content (AvgIpc) is 2.61. The number of aryl methyl sites for hydroxylation is 1. The van der Waals surface area contributed by atoms with Gasteiger partial charge in [0.05, 0.1) is 4.92 Å². The number of amides is 1. The molecule has 0 spiro atoms. The number of anilines is 1. The van der Waals surface area contributed by atoms with Gasteiger partial charge in [-0.2, -0.15) is 0 Å². The van der Waals surface area contributed by atoms with Gasteiger partial charge < -0.3 is 9.80 Å². The summed E-state index contributed by atoms with van der Waals surface area (Å²) in [7, 11) is 0. The van der Waals surface area contributed by atoms with Gasteiger partial charge in [-0.15, -0.1) is 0 Å². The maximum Gasteiger partial charge on any atom is 0.294 e. The summed E-state index contributed by atoms with van der Waals surface area (Å²) < 4.78 is 0. The number of hydrogen-bond donors (Lipinski definition) is 0. The minimum absolute atomic E-state index is 0.0111. The second-order valence-corrected chi connectivity index (χ2v) is 6.99. The molecule has 1 amide bonds. The second kappa shape index (κ2) is 7.33. The maximum atomic E-state index is 12.8. The van der Waals surface area contributed by atoms with Crippen LogP contribution in [0, 0.1) is 17.0 Å². The highest BCUT2D eigenvalue weighted by Crippen LogP contribution is 2.32. The van der Waals surface area contributed by atoms with Crippen LogP contribution in [0.1, 0.15) is 22.8 Å². The van der Waals surface area contributed by atoms with Gasteiger partial charge in [-0.05, 0) is 38.1 Å². The Morgan fingerprint density at radius 1 is 1.19 bits per heavy atom. The third kappa shape index (κ3) is 3.65. The van der Waals surface area contributed by atoms with Crippen molar-refractivity contribution in [2.24, 2.45) is 0 Å². The highest BCUT2D eigenvalue weighted by Gasteiger charge is 2.31. The van der Waals surface area contributed by atoms with E-state index in [1.807, 2.05) is 47.9 Å². The molecule has 1 fully saturated rings. The Balaban J connectivity index is 1.78. The summed E-state index contributed by atoms with van der Waals surface area (Å²) in [6.45, 7) is 5.51. The topological polar surface area (TPSA) is 66.7 Å². The lowest BCUT2D eigenvalue weighted by Gasteiger charge is -2.40. The Morgan fingerprint density at radius 2 is 1.88 bits per heavy atom. The van der Waals surface area contributed by atoms with E-state index in [0.717, 1.165) is 5.56 Å². The Labute approximate surface area is 157 Å². The number of nitro benzene ring substituents is 1. The zero-order valence-electron chi connectivity index (χ0n) is 14.7. The monoisotopic (exact) mass is 373 g/mol. The number of benzene rings is 2. The van der Waals surface area contributed by atoms with Crippen LogP contribution in [-0.4, -0.2) is 41.4 Å². The summed E-state index contributed by atoms with van der Waals surface area (Å²) in [4.78, 5) is 27.4. The van der Waals surface area contributed by atoms with Crippen LogP contribution in [0.4, 0.5) is 11.4 Å². The highest BCUT2D eigenvalue weighted by molar-refractivity contribution is 6.30. The van der Waals surface area contributed by atoms with Crippen LogP contribution in [0.3, 0.4) is 0 Å². The van der Waals surface area contributed by atoms with E-state index in [0.29, 0.717) is 35.9 Å². The first-order valence-corrected chi connectivity index (χ1v) is 8.81. The lowest BCUT2D eigenvalue weighted by molar-refractivity contribution is -0.384. The molecule has 26 heavy (non-hydrogen) atoms. The molecular formula is C19H20ClN3O3. The first kappa shape index (κ1) is 18.2. The molecule has 6 nitrogen and oxygen atoms in total. The van der Waals surface area contributed by atoms with Crippen molar-refractivity contribution in [3.8, 4) is 0 Å². The van der Waals surface area contributed by atoms with E-state index in [1.165, 1.54) is 6.07 Å². The number of halogens is 1. The molecule has 1 saturated heterocycles. The molecule has 3 rings (SSSR count). The van der Waals surface area contributed by atoms with E-state index in [2.05, 4.69) is 0 Å². The van der Waals surface area contributed by atoms with E-state index in [9.17, 15) is 14.9 Å². The van der Waals surface area contributed by atoms with Gasteiger partial charge in [-0.25, -0.2) is 0 Å². The summed E-state index contributed by atoms with van der Waals surface area (Å²) in [5.41, 5.74) is 2.29. The molecule has 0 radical (unpaired) electrons. The molecule has 2 aromatic rings. The summed E-state index contributed by atoms with van der Waals surface area (Å²) in [6, 6.07) is 12.1. The van der Waals surface area contributed by atoms with Gasteiger partial charge >= 0.3 is 0 Å². The lowest BCUT2D eigenvalue weighted by atomic mass is 10.1. The van der Waals surface area contributed by atoms with E-state index in [4.69, 9.17) is 11.6 Å². The molecular weight excluding hydrogens is 354 g/mol. The van der Waals surface area contributed by atoms with Crippen LogP contribution in [0.5, 0.6) is 0 Å². The standard InChI is InChI=1S/C19H20ClN3O3/c1-13-3-5-15(6-4-13)19(24)22-10-9-21(12-14(22)2)17-8-7-16(20)11-18(17)23(25)26/h3-8,11,14H,9-10,12H2,1-2H3. The molecule has 1 aliphatic heterocycles. The highest BCUT2D eigenvalue weighted by atomic mass is 35.5. The summed E-state index contributed by atoms with van der Waals surface area (Å²) >= 11 is 5.90. The number of hydrogen-bond acceptors (Lipinski definition) is 4. The molecule has 1 heterocycles. The Kier molecular flexibility index (Phi) is 5.13. The molecule has 0 saturated carbocycles. The number of rotatable bonds is 3. The first-order valence-electron chi connectivity index (χ1n) is 8.43. The maximum absolute atomic E-state index is 12.8. The molecule has 7 heteroatoms. The van der Waals surface area contributed by atoms with Crippen LogP contribution in [-0.2, 0) is 0 Å². The van der Waals surface area contributed by atoms with E-state index < -0.39 is 4.92 Å². The zero-order chi connectivity index (χ0) is 18.8. The van der Waals surface area contributed by atoms with Gasteiger partial charge in [-0.3, -0.25) is 14.9 Å². The van der Waals surface area contributed by atoms with Gasteiger partial charge in [-0.1, -0.05) is 29.3 Å². The molecule has 0 aromatic heterocycles. The third-order valence-corrected chi connectivity index (χ3v) is 4.90. The predicted octanol–water partition coefficient (Wildman–Crippen LogP) is 3.91. The fourth-order valence-electron chi connectivity index (χ4n) is 3.25. The van der Waals surface area contributed by atoms with E-state index in [-0.39, 0.29) is 17.6 Å². The zero-order valence-corrected chi connectivity index (χ0v) is 15.4.